The zero-order valence-electron chi connectivity index (χ0n) is 17.9. The smallest absolute Gasteiger partial charge is 0.341 e. The maximum absolute atomic E-state index is 12.5. The molecule has 0 N–H and O–H groups in total. The highest BCUT2D eigenvalue weighted by atomic mass is 32.1. The van der Waals surface area contributed by atoms with Gasteiger partial charge in [-0.1, -0.05) is 0 Å². The molecule has 1 saturated heterocycles. The Morgan fingerprint density at radius 2 is 1.60 bits per heavy atom. The van der Waals surface area contributed by atoms with Crippen LogP contribution in [0.25, 0.3) is 11.1 Å². The van der Waals surface area contributed by atoms with E-state index in [0.717, 1.165) is 36.6 Å². The fourth-order valence-corrected chi connectivity index (χ4v) is 4.74. The fraction of sp³-hybridized carbons (Fsp3) is 0.333. The molecule has 4 amide bonds. The van der Waals surface area contributed by atoms with Gasteiger partial charge in [-0.05, 0) is 51.0 Å². The van der Waals surface area contributed by atoms with Gasteiger partial charge in [0, 0.05) is 30.4 Å². The Hall–Kier alpha value is -3.20. The van der Waals surface area contributed by atoms with Crippen molar-refractivity contribution in [3.05, 3.63) is 44.6 Å². The number of likely N-dealkylation sites (N-methyl/N-ethyl adjacent to an activating group) is 2. The first-order valence-corrected chi connectivity index (χ1v) is 10.0. The Morgan fingerprint density at radius 3 is 2.13 bits per heavy atom. The molecule has 0 bridgehead atoms. The number of esters is 1. The van der Waals surface area contributed by atoms with Crippen LogP contribution in [0, 0.1) is 27.7 Å². The van der Waals surface area contributed by atoms with Crippen molar-refractivity contribution in [3.8, 4) is 5.00 Å². The summed E-state index contributed by atoms with van der Waals surface area (Å²) in [6.07, 6.45) is 1.49. The molecule has 30 heavy (non-hydrogen) atoms. The summed E-state index contributed by atoms with van der Waals surface area (Å²) in [4.78, 5) is 52.2. The van der Waals surface area contributed by atoms with Crippen molar-refractivity contribution >= 4 is 41.2 Å². The van der Waals surface area contributed by atoms with Crippen LogP contribution in [0.4, 0.5) is 4.79 Å². The Bertz CT molecular complexity index is 1110. The zero-order chi connectivity index (χ0) is 22.5. The van der Waals surface area contributed by atoms with E-state index in [4.69, 9.17) is 4.74 Å². The van der Waals surface area contributed by atoms with Crippen LogP contribution < -0.4 is 0 Å². The highest BCUT2D eigenvalue weighted by molar-refractivity contribution is 7.15. The van der Waals surface area contributed by atoms with Crippen molar-refractivity contribution in [3.63, 3.8) is 0 Å². The summed E-state index contributed by atoms with van der Waals surface area (Å²) in [6, 6.07) is 1.17. The second-order valence-electron chi connectivity index (χ2n) is 7.19. The maximum atomic E-state index is 12.5. The lowest BCUT2D eigenvalue weighted by Gasteiger charge is -2.28. The molecule has 0 spiro atoms. The molecule has 1 fully saturated rings. The number of imide groups is 2. The molecule has 0 aromatic carbocycles. The summed E-state index contributed by atoms with van der Waals surface area (Å²) in [5, 5.41) is 0.724. The monoisotopic (exact) mass is 429 g/mol. The molecular formula is C21H23N3O5S. The molecule has 9 heteroatoms. The first-order chi connectivity index (χ1) is 14.0. The summed E-state index contributed by atoms with van der Waals surface area (Å²) < 4.78 is 6.89. The van der Waals surface area contributed by atoms with Crippen LogP contribution in [-0.2, 0) is 14.3 Å². The quantitative estimate of drug-likeness (QED) is 0.425. The van der Waals surface area contributed by atoms with E-state index in [2.05, 4.69) is 0 Å². The Morgan fingerprint density at radius 1 is 1.03 bits per heavy atom. The van der Waals surface area contributed by atoms with Crippen molar-refractivity contribution in [2.24, 2.45) is 0 Å². The Labute approximate surface area is 178 Å². The number of aryl methyl sites for hydroxylation is 2. The highest BCUT2D eigenvalue weighted by Gasteiger charge is 2.38. The molecule has 1 aliphatic rings. The number of nitrogens with zero attached hydrogens (tertiary/aromatic N) is 3. The molecule has 0 radical (unpaired) electrons. The van der Waals surface area contributed by atoms with Crippen molar-refractivity contribution in [2.75, 3.05) is 21.2 Å². The van der Waals surface area contributed by atoms with Gasteiger partial charge in [0.15, 0.2) is 0 Å². The molecule has 8 nitrogen and oxygen atoms in total. The Kier molecular flexibility index (Phi) is 5.42. The summed E-state index contributed by atoms with van der Waals surface area (Å²) in [6.45, 7) is 7.55. The number of hydrogen-bond acceptors (Lipinski definition) is 6. The predicted molar refractivity (Wildman–Crippen MR) is 113 cm³/mol. The molecule has 0 saturated carbocycles. The van der Waals surface area contributed by atoms with Crippen molar-refractivity contribution in [1.82, 2.24) is 14.4 Å². The van der Waals surface area contributed by atoms with Crippen LogP contribution in [-0.4, -0.2) is 59.4 Å². The molecule has 0 atom stereocenters. The minimum absolute atomic E-state index is 0.0911. The largest absolute Gasteiger partial charge is 0.465 e. The first-order valence-electron chi connectivity index (χ1n) is 9.20. The third-order valence-corrected chi connectivity index (χ3v) is 6.57. The number of methoxy groups -OCH3 is 1. The predicted octanol–water partition coefficient (Wildman–Crippen LogP) is 2.99. The van der Waals surface area contributed by atoms with Crippen LogP contribution in [0.1, 0.15) is 37.7 Å². The second-order valence-corrected chi connectivity index (χ2v) is 8.39. The number of ether oxygens (including phenoxy) is 1. The number of amides is 4. The number of carbonyl (C=O) groups excluding carboxylic acids is 4. The molecule has 2 aromatic heterocycles. The molecule has 158 valence electrons. The van der Waals surface area contributed by atoms with Crippen LogP contribution in [0.3, 0.4) is 0 Å². The summed E-state index contributed by atoms with van der Waals surface area (Å²) in [5.74, 6) is -1.71. The lowest BCUT2D eigenvalue weighted by molar-refractivity contribution is -0.134. The van der Waals surface area contributed by atoms with E-state index >= 15 is 0 Å². The number of thiophene rings is 1. The first kappa shape index (κ1) is 21.5. The van der Waals surface area contributed by atoms with E-state index < -0.39 is 23.8 Å². The van der Waals surface area contributed by atoms with Crippen LogP contribution >= 0.6 is 11.3 Å². The molecular weight excluding hydrogens is 406 g/mol. The minimum Gasteiger partial charge on any atom is -0.465 e. The van der Waals surface area contributed by atoms with Crippen molar-refractivity contribution < 1.29 is 23.9 Å². The summed E-state index contributed by atoms with van der Waals surface area (Å²) >= 11 is 1.47. The average molecular weight is 429 g/mol. The Balaban J connectivity index is 2.17. The summed E-state index contributed by atoms with van der Waals surface area (Å²) in [5.41, 5.74) is 3.50. The topological polar surface area (TPSA) is 88.9 Å². The fourth-order valence-electron chi connectivity index (χ4n) is 3.49. The number of rotatable bonds is 3. The lowest BCUT2D eigenvalue weighted by atomic mass is 10.1. The molecule has 2 aromatic rings. The van der Waals surface area contributed by atoms with Gasteiger partial charge in [-0.2, -0.15) is 0 Å². The summed E-state index contributed by atoms with van der Waals surface area (Å²) in [7, 11) is 4.02. The number of carbonyl (C=O) groups is 4. The van der Waals surface area contributed by atoms with Gasteiger partial charge in [0.05, 0.1) is 12.7 Å². The molecule has 0 aliphatic carbocycles. The third-order valence-electron chi connectivity index (χ3n) is 5.37. The van der Waals surface area contributed by atoms with E-state index in [0.29, 0.717) is 11.1 Å². The van der Waals surface area contributed by atoms with E-state index in [9.17, 15) is 19.2 Å². The molecule has 3 heterocycles. The number of hydrogen-bond donors (Lipinski definition) is 0. The van der Waals surface area contributed by atoms with Gasteiger partial charge in [-0.3, -0.25) is 19.4 Å². The standard InChI is InChI=1S/C21H23N3O5S/c1-10-8-14(9-15-17(25)22(5)21(28)23(6)18(15)26)12(3)24(10)19-16(20(27)29-7)11(2)13(4)30-19/h8-9H,1-7H3. The highest BCUT2D eigenvalue weighted by Crippen LogP contribution is 2.35. The number of aromatic nitrogens is 1. The van der Waals surface area contributed by atoms with Gasteiger partial charge < -0.3 is 9.30 Å². The van der Waals surface area contributed by atoms with E-state index in [-0.39, 0.29) is 5.57 Å². The zero-order valence-corrected chi connectivity index (χ0v) is 18.8. The van der Waals surface area contributed by atoms with Gasteiger partial charge in [0.25, 0.3) is 11.8 Å². The van der Waals surface area contributed by atoms with Gasteiger partial charge in [0.1, 0.15) is 10.6 Å². The lowest BCUT2D eigenvalue weighted by Crippen LogP contribution is -2.52. The van der Waals surface area contributed by atoms with Crippen LogP contribution in [0.15, 0.2) is 11.6 Å². The van der Waals surface area contributed by atoms with E-state index in [1.807, 2.05) is 38.3 Å². The maximum Gasteiger partial charge on any atom is 0.341 e. The van der Waals surface area contributed by atoms with Crippen LogP contribution in [0.2, 0.25) is 0 Å². The minimum atomic E-state index is -0.667. The van der Waals surface area contributed by atoms with Crippen molar-refractivity contribution in [1.29, 1.82) is 0 Å². The third kappa shape index (κ3) is 3.15. The number of urea groups is 1. The van der Waals surface area contributed by atoms with E-state index in [1.165, 1.54) is 38.6 Å². The van der Waals surface area contributed by atoms with Gasteiger partial charge in [-0.25, -0.2) is 9.59 Å². The molecule has 0 unspecified atom stereocenters. The normalized spacial score (nSPS) is 14.6. The van der Waals surface area contributed by atoms with Crippen molar-refractivity contribution in [2.45, 2.75) is 27.7 Å². The van der Waals surface area contributed by atoms with Gasteiger partial charge in [0.2, 0.25) is 0 Å². The van der Waals surface area contributed by atoms with Crippen LogP contribution in [0.5, 0.6) is 0 Å². The number of barbiturate groups is 1. The van der Waals surface area contributed by atoms with E-state index in [1.54, 1.807) is 0 Å². The molecule has 1 aliphatic heterocycles. The molecule has 3 rings (SSSR count). The second kappa shape index (κ2) is 7.56. The van der Waals surface area contributed by atoms with Gasteiger partial charge >= 0.3 is 12.0 Å². The van der Waals surface area contributed by atoms with Gasteiger partial charge in [-0.15, -0.1) is 11.3 Å². The SMILES string of the molecule is COC(=O)c1c(-n2c(C)cc(C=C3C(=O)N(C)C(=O)N(C)C3=O)c2C)sc(C)c1C. The average Bonchev–Trinajstić information content (AvgIpc) is 3.15.